The minimum Gasteiger partial charge on any atom is -0.497 e. The molecule has 0 unspecified atom stereocenters. The van der Waals surface area contributed by atoms with Gasteiger partial charge in [-0.25, -0.2) is 0 Å². The van der Waals surface area contributed by atoms with Gasteiger partial charge >= 0.3 is 0 Å². The Balaban J connectivity index is 1.63. The minimum absolute atomic E-state index is 0.00311. The van der Waals surface area contributed by atoms with Gasteiger partial charge in [0.1, 0.15) is 11.5 Å². The molecule has 2 aromatic carbocycles. The number of likely N-dealkylation sites (tertiary alicyclic amines) is 1. The zero-order valence-electron chi connectivity index (χ0n) is 17.4. The first-order valence-corrected chi connectivity index (χ1v) is 9.59. The maximum Gasteiger partial charge on any atom is 0.253 e. The van der Waals surface area contributed by atoms with Crippen molar-refractivity contribution < 1.29 is 23.7 Å². The summed E-state index contributed by atoms with van der Waals surface area (Å²) in [6.45, 7) is 1.36. The highest BCUT2D eigenvalue weighted by molar-refractivity contribution is 5.95. The number of hydrogen-bond acceptors (Lipinski definition) is 6. The predicted octanol–water partition coefficient (Wildman–Crippen LogP) is 3.44. The normalized spacial score (nSPS) is 14.3. The highest BCUT2D eigenvalue weighted by Gasteiger charge is 2.25. The molecule has 1 N–H and O–H groups in total. The molecule has 0 aliphatic carbocycles. The number of nitrogens with one attached hydrogen (secondary N) is 1. The second-order valence-corrected chi connectivity index (χ2v) is 6.85. The molecule has 1 fully saturated rings. The molecule has 156 valence electrons. The van der Waals surface area contributed by atoms with Gasteiger partial charge in [0.15, 0.2) is 11.5 Å². The van der Waals surface area contributed by atoms with Crippen LogP contribution in [0.1, 0.15) is 23.2 Å². The maximum atomic E-state index is 12.9. The predicted molar refractivity (Wildman–Crippen MR) is 112 cm³/mol. The summed E-state index contributed by atoms with van der Waals surface area (Å²) in [6.07, 6.45) is 1.69. The van der Waals surface area contributed by atoms with E-state index in [4.69, 9.17) is 18.9 Å². The summed E-state index contributed by atoms with van der Waals surface area (Å²) in [5.41, 5.74) is 1.50. The Morgan fingerprint density at radius 2 is 1.52 bits per heavy atom. The zero-order valence-corrected chi connectivity index (χ0v) is 17.4. The summed E-state index contributed by atoms with van der Waals surface area (Å²) in [5.74, 6) is 2.71. The number of amides is 1. The number of piperidine rings is 1. The van der Waals surface area contributed by atoms with Gasteiger partial charge in [0.2, 0.25) is 0 Å². The molecular weight excluding hydrogens is 372 g/mol. The number of rotatable bonds is 7. The van der Waals surface area contributed by atoms with Gasteiger partial charge in [0, 0.05) is 30.8 Å². The van der Waals surface area contributed by atoms with Crippen LogP contribution in [0.4, 0.5) is 5.69 Å². The van der Waals surface area contributed by atoms with Gasteiger partial charge in [-0.1, -0.05) is 0 Å². The standard InChI is InChI=1S/C22H28N2O5/c1-26-17-6-8-19(27-2)18(14-17)23-16-9-11-24(12-10-16)22(25)15-5-7-20(28-3)21(13-15)29-4/h5-8,13-14,16,23H,9-12H2,1-4H3. The van der Waals surface area contributed by atoms with Gasteiger partial charge in [0.25, 0.3) is 5.91 Å². The number of nitrogens with zero attached hydrogens (tertiary/aromatic N) is 1. The number of anilines is 1. The van der Waals surface area contributed by atoms with E-state index in [9.17, 15) is 4.79 Å². The topological polar surface area (TPSA) is 69.3 Å². The summed E-state index contributed by atoms with van der Waals surface area (Å²) in [5, 5.41) is 3.53. The molecule has 29 heavy (non-hydrogen) atoms. The lowest BCUT2D eigenvalue weighted by Gasteiger charge is -2.33. The van der Waals surface area contributed by atoms with Crippen LogP contribution in [0.5, 0.6) is 23.0 Å². The van der Waals surface area contributed by atoms with Crippen LogP contribution in [0.2, 0.25) is 0 Å². The first-order valence-electron chi connectivity index (χ1n) is 9.59. The van der Waals surface area contributed by atoms with Crippen LogP contribution in [0.15, 0.2) is 36.4 Å². The minimum atomic E-state index is 0.00311. The lowest BCUT2D eigenvalue weighted by atomic mass is 10.0. The Bertz CT molecular complexity index is 847. The Kier molecular flexibility index (Phi) is 6.69. The van der Waals surface area contributed by atoms with Crippen molar-refractivity contribution in [2.45, 2.75) is 18.9 Å². The molecule has 1 saturated heterocycles. The van der Waals surface area contributed by atoms with E-state index in [0.717, 1.165) is 30.0 Å². The third-order valence-corrected chi connectivity index (χ3v) is 5.18. The monoisotopic (exact) mass is 400 g/mol. The van der Waals surface area contributed by atoms with Crippen LogP contribution in [0.25, 0.3) is 0 Å². The van der Waals surface area contributed by atoms with E-state index in [1.807, 2.05) is 23.1 Å². The highest BCUT2D eigenvalue weighted by atomic mass is 16.5. The van der Waals surface area contributed by atoms with E-state index in [1.165, 1.54) is 0 Å². The van der Waals surface area contributed by atoms with Gasteiger partial charge in [-0.2, -0.15) is 0 Å². The zero-order chi connectivity index (χ0) is 20.8. The molecule has 0 radical (unpaired) electrons. The molecule has 0 spiro atoms. The molecule has 7 nitrogen and oxygen atoms in total. The van der Waals surface area contributed by atoms with E-state index in [1.54, 1.807) is 46.6 Å². The Labute approximate surface area is 171 Å². The highest BCUT2D eigenvalue weighted by Crippen LogP contribution is 2.31. The molecule has 1 aliphatic heterocycles. The second-order valence-electron chi connectivity index (χ2n) is 6.85. The van der Waals surface area contributed by atoms with Gasteiger partial charge in [-0.15, -0.1) is 0 Å². The lowest BCUT2D eigenvalue weighted by Crippen LogP contribution is -2.42. The SMILES string of the molecule is COc1ccc(OC)c(NC2CCN(C(=O)c3ccc(OC)c(OC)c3)CC2)c1. The summed E-state index contributed by atoms with van der Waals surface area (Å²) in [4.78, 5) is 14.8. The van der Waals surface area contributed by atoms with Crippen LogP contribution >= 0.6 is 0 Å². The molecule has 3 rings (SSSR count). The van der Waals surface area contributed by atoms with E-state index in [2.05, 4.69) is 5.32 Å². The summed E-state index contributed by atoms with van der Waals surface area (Å²) in [7, 11) is 6.44. The summed E-state index contributed by atoms with van der Waals surface area (Å²) in [6, 6.07) is 11.2. The maximum absolute atomic E-state index is 12.9. The van der Waals surface area contributed by atoms with Crippen molar-refractivity contribution in [3.63, 3.8) is 0 Å². The van der Waals surface area contributed by atoms with Gasteiger partial charge in [-0.05, 0) is 43.2 Å². The van der Waals surface area contributed by atoms with Gasteiger partial charge < -0.3 is 29.2 Å². The number of hydrogen-bond donors (Lipinski definition) is 1. The average molecular weight is 400 g/mol. The van der Waals surface area contributed by atoms with E-state index in [-0.39, 0.29) is 11.9 Å². The fraction of sp³-hybridized carbons (Fsp3) is 0.409. The van der Waals surface area contributed by atoms with Crippen LogP contribution in [-0.4, -0.2) is 58.4 Å². The molecule has 0 atom stereocenters. The van der Waals surface area contributed by atoms with Crippen molar-refractivity contribution in [1.82, 2.24) is 4.90 Å². The molecule has 0 saturated carbocycles. The Morgan fingerprint density at radius 1 is 0.862 bits per heavy atom. The van der Waals surface area contributed by atoms with Crippen LogP contribution in [0.3, 0.4) is 0 Å². The Morgan fingerprint density at radius 3 is 2.14 bits per heavy atom. The molecule has 0 aromatic heterocycles. The van der Waals surface area contributed by atoms with E-state index in [0.29, 0.717) is 30.2 Å². The number of ether oxygens (including phenoxy) is 4. The molecule has 2 aromatic rings. The first kappa shape index (κ1) is 20.6. The second kappa shape index (κ2) is 9.41. The van der Waals surface area contributed by atoms with Gasteiger partial charge in [-0.3, -0.25) is 4.79 Å². The Hall–Kier alpha value is -3.09. The number of carbonyl (C=O) groups is 1. The number of methoxy groups -OCH3 is 4. The fourth-order valence-corrected chi connectivity index (χ4v) is 3.53. The van der Waals surface area contributed by atoms with Crippen molar-refractivity contribution in [2.24, 2.45) is 0 Å². The quantitative estimate of drug-likeness (QED) is 0.768. The summed E-state index contributed by atoms with van der Waals surface area (Å²) >= 11 is 0. The van der Waals surface area contributed by atoms with Crippen LogP contribution < -0.4 is 24.3 Å². The van der Waals surface area contributed by atoms with Crippen molar-refractivity contribution in [1.29, 1.82) is 0 Å². The van der Waals surface area contributed by atoms with E-state index < -0.39 is 0 Å². The van der Waals surface area contributed by atoms with Crippen molar-refractivity contribution in [2.75, 3.05) is 46.8 Å². The van der Waals surface area contributed by atoms with Crippen LogP contribution in [-0.2, 0) is 0 Å². The van der Waals surface area contributed by atoms with Crippen LogP contribution in [0, 0.1) is 0 Å². The fourth-order valence-electron chi connectivity index (χ4n) is 3.53. The van der Waals surface area contributed by atoms with Crippen molar-refractivity contribution in [3.8, 4) is 23.0 Å². The molecule has 7 heteroatoms. The number of carbonyl (C=O) groups excluding carboxylic acids is 1. The molecular formula is C22H28N2O5. The van der Waals surface area contributed by atoms with E-state index >= 15 is 0 Å². The average Bonchev–Trinajstić information content (AvgIpc) is 2.78. The van der Waals surface area contributed by atoms with Crippen molar-refractivity contribution >= 4 is 11.6 Å². The molecule has 1 aliphatic rings. The third kappa shape index (κ3) is 4.67. The van der Waals surface area contributed by atoms with Gasteiger partial charge in [0.05, 0.1) is 34.1 Å². The largest absolute Gasteiger partial charge is 0.497 e. The molecule has 0 bridgehead atoms. The first-order chi connectivity index (χ1) is 14.1. The summed E-state index contributed by atoms with van der Waals surface area (Å²) < 4.78 is 21.3. The smallest absolute Gasteiger partial charge is 0.253 e. The third-order valence-electron chi connectivity index (χ3n) is 5.18. The number of benzene rings is 2. The molecule has 1 heterocycles. The van der Waals surface area contributed by atoms with Crippen molar-refractivity contribution in [3.05, 3.63) is 42.0 Å². The molecule has 1 amide bonds. The lowest BCUT2D eigenvalue weighted by molar-refractivity contribution is 0.0718.